The molecule has 130 valence electrons. The number of anilines is 1. The van der Waals surface area contributed by atoms with Gasteiger partial charge in [0.1, 0.15) is 11.4 Å². The number of nitrogens with zero attached hydrogens (tertiary/aromatic N) is 3. The van der Waals surface area contributed by atoms with E-state index >= 15 is 0 Å². The van der Waals surface area contributed by atoms with Gasteiger partial charge >= 0.3 is 0 Å². The molecule has 2 aromatic heterocycles. The quantitative estimate of drug-likeness (QED) is 0.722. The van der Waals surface area contributed by atoms with Crippen LogP contribution >= 0.6 is 22.9 Å². The maximum Gasteiger partial charge on any atom is 0.277 e. The third-order valence-corrected chi connectivity index (χ3v) is 4.87. The fourth-order valence-corrected chi connectivity index (χ4v) is 3.34. The second-order valence-electron chi connectivity index (χ2n) is 5.29. The maximum absolute atomic E-state index is 12.6. The Balaban J connectivity index is 1.83. The molecule has 0 aliphatic heterocycles. The second kappa shape index (κ2) is 7.25. The maximum atomic E-state index is 12.6. The zero-order valence-corrected chi connectivity index (χ0v) is 15.6. The minimum atomic E-state index is -0.320. The molecule has 0 saturated heterocycles. The molecule has 0 unspecified atom stereocenters. The van der Waals surface area contributed by atoms with Crippen LogP contribution in [-0.2, 0) is 6.54 Å². The molecular weight excluding hydrogens is 360 g/mol. The van der Waals surface area contributed by atoms with Gasteiger partial charge in [0.2, 0.25) is 0 Å². The number of amides is 1. The average Bonchev–Trinajstić information content (AvgIpc) is 3.19. The lowest BCUT2D eigenvalue weighted by Crippen LogP contribution is -2.17. The van der Waals surface area contributed by atoms with Gasteiger partial charge in [0, 0.05) is 17.5 Å². The molecule has 8 heteroatoms. The molecule has 0 aliphatic carbocycles. The fraction of sp³-hybridized carbons (Fsp3) is 0.235. The first kappa shape index (κ1) is 17.4. The summed E-state index contributed by atoms with van der Waals surface area (Å²) in [5.41, 5.74) is 2.67. The zero-order chi connectivity index (χ0) is 18.0. The first-order valence-electron chi connectivity index (χ1n) is 7.67. The summed E-state index contributed by atoms with van der Waals surface area (Å²) in [4.78, 5) is 17.0. The van der Waals surface area contributed by atoms with E-state index in [0.717, 1.165) is 17.0 Å². The van der Waals surface area contributed by atoms with E-state index in [-0.39, 0.29) is 5.91 Å². The van der Waals surface area contributed by atoms with E-state index < -0.39 is 0 Å². The fourth-order valence-electron chi connectivity index (χ4n) is 2.41. The van der Waals surface area contributed by atoms with Crippen molar-refractivity contribution >= 4 is 34.0 Å². The summed E-state index contributed by atoms with van der Waals surface area (Å²) in [6.45, 7) is 4.24. The highest BCUT2D eigenvalue weighted by Crippen LogP contribution is 2.28. The van der Waals surface area contributed by atoms with E-state index in [2.05, 4.69) is 15.4 Å². The van der Waals surface area contributed by atoms with Gasteiger partial charge < -0.3 is 4.74 Å². The number of hydrogen-bond acceptors (Lipinski definition) is 5. The van der Waals surface area contributed by atoms with Gasteiger partial charge in [-0.25, -0.2) is 4.98 Å². The molecule has 3 rings (SSSR count). The zero-order valence-electron chi connectivity index (χ0n) is 14.0. The van der Waals surface area contributed by atoms with Crippen LogP contribution in [0.5, 0.6) is 5.75 Å². The molecule has 0 spiro atoms. The number of carbonyl (C=O) groups excluding carboxylic acids is 1. The summed E-state index contributed by atoms with van der Waals surface area (Å²) in [6, 6.07) is 7.60. The van der Waals surface area contributed by atoms with E-state index in [1.807, 2.05) is 36.6 Å². The number of thiazole rings is 1. The lowest BCUT2D eigenvalue weighted by atomic mass is 10.2. The molecule has 1 N–H and O–H groups in total. The van der Waals surface area contributed by atoms with Crippen LogP contribution in [0.4, 0.5) is 5.13 Å². The van der Waals surface area contributed by atoms with E-state index in [0.29, 0.717) is 28.1 Å². The predicted octanol–water partition coefficient (Wildman–Crippen LogP) is 4.25. The van der Waals surface area contributed by atoms with Crippen molar-refractivity contribution in [1.82, 2.24) is 14.8 Å². The van der Waals surface area contributed by atoms with Crippen molar-refractivity contribution in [3.63, 3.8) is 0 Å². The number of hydrogen-bond donors (Lipinski definition) is 1. The lowest BCUT2D eigenvalue weighted by molar-refractivity contribution is 0.101. The largest absolute Gasteiger partial charge is 0.497 e. The molecule has 0 atom stereocenters. The Kier molecular flexibility index (Phi) is 5.06. The third-order valence-electron chi connectivity index (χ3n) is 3.66. The molecule has 0 fully saturated rings. The summed E-state index contributed by atoms with van der Waals surface area (Å²) >= 11 is 7.56. The molecule has 0 bridgehead atoms. The standard InChI is InChI=1S/C17H17ClN4O2S/c1-4-22-15(14(18)10(2)21-22)16(23)20-17-19-13(9-25-17)11-6-5-7-12(8-11)24-3/h5-9H,4H2,1-3H3,(H,19,20,23). The van der Waals surface area contributed by atoms with Gasteiger partial charge in [0.25, 0.3) is 5.91 Å². The van der Waals surface area contributed by atoms with E-state index in [1.165, 1.54) is 11.3 Å². The minimum Gasteiger partial charge on any atom is -0.497 e. The van der Waals surface area contributed by atoms with Crippen LogP contribution in [0.2, 0.25) is 5.02 Å². The number of methoxy groups -OCH3 is 1. The average molecular weight is 377 g/mol. The molecule has 0 aliphatic rings. The monoisotopic (exact) mass is 376 g/mol. The van der Waals surface area contributed by atoms with Crippen molar-refractivity contribution in [1.29, 1.82) is 0 Å². The topological polar surface area (TPSA) is 69.0 Å². The van der Waals surface area contributed by atoms with Crippen molar-refractivity contribution in [2.24, 2.45) is 0 Å². The highest BCUT2D eigenvalue weighted by molar-refractivity contribution is 7.14. The predicted molar refractivity (Wildman–Crippen MR) is 99.7 cm³/mol. The summed E-state index contributed by atoms with van der Waals surface area (Å²) in [6.07, 6.45) is 0. The van der Waals surface area contributed by atoms with Gasteiger partial charge in [0.15, 0.2) is 5.13 Å². The highest BCUT2D eigenvalue weighted by Gasteiger charge is 2.21. The Morgan fingerprint density at radius 2 is 2.24 bits per heavy atom. The second-order valence-corrected chi connectivity index (χ2v) is 6.52. The van der Waals surface area contributed by atoms with Crippen molar-refractivity contribution < 1.29 is 9.53 Å². The van der Waals surface area contributed by atoms with Crippen LogP contribution < -0.4 is 10.1 Å². The van der Waals surface area contributed by atoms with Crippen LogP contribution in [-0.4, -0.2) is 27.8 Å². The number of halogens is 1. The number of nitrogens with one attached hydrogen (secondary N) is 1. The van der Waals surface area contributed by atoms with Crippen molar-refractivity contribution in [2.75, 3.05) is 12.4 Å². The Bertz CT molecular complexity index is 919. The summed E-state index contributed by atoms with van der Waals surface area (Å²) in [5, 5.41) is 9.80. The molecule has 0 saturated carbocycles. The molecule has 1 amide bonds. The Morgan fingerprint density at radius 3 is 2.96 bits per heavy atom. The van der Waals surface area contributed by atoms with Gasteiger partial charge in [-0.2, -0.15) is 5.10 Å². The molecule has 2 heterocycles. The van der Waals surface area contributed by atoms with Gasteiger partial charge in [-0.3, -0.25) is 14.8 Å². The van der Waals surface area contributed by atoms with E-state index in [4.69, 9.17) is 16.3 Å². The highest BCUT2D eigenvalue weighted by atomic mass is 35.5. The summed E-state index contributed by atoms with van der Waals surface area (Å²) in [5.74, 6) is 0.434. The van der Waals surface area contributed by atoms with Gasteiger partial charge in [-0.15, -0.1) is 11.3 Å². The Hall–Kier alpha value is -2.38. The van der Waals surface area contributed by atoms with Gasteiger partial charge in [0.05, 0.1) is 23.5 Å². The Morgan fingerprint density at radius 1 is 1.44 bits per heavy atom. The summed E-state index contributed by atoms with van der Waals surface area (Å²) < 4.78 is 6.81. The Labute approximate surface area is 154 Å². The summed E-state index contributed by atoms with van der Waals surface area (Å²) in [7, 11) is 1.62. The molecule has 25 heavy (non-hydrogen) atoms. The number of benzene rings is 1. The van der Waals surface area contributed by atoms with Crippen LogP contribution in [0, 0.1) is 6.92 Å². The molecule has 1 aromatic carbocycles. The molecule has 0 radical (unpaired) electrons. The number of carbonyl (C=O) groups is 1. The normalized spacial score (nSPS) is 10.7. The number of rotatable bonds is 5. The van der Waals surface area contributed by atoms with Gasteiger partial charge in [-0.05, 0) is 26.0 Å². The van der Waals surface area contributed by atoms with Crippen LogP contribution in [0.25, 0.3) is 11.3 Å². The molecule has 6 nitrogen and oxygen atoms in total. The van der Waals surface area contributed by atoms with Crippen molar-refractivity contribution in [2.45, 2.75) is 20.4 Å². The minimum absolute atomic E-state index is 0.320. The van der Waals surface area contributed by atoms with E-state index in [9.17, 15) is 4.79 Å². The number of ether oxygens (including phenoxy) is 1. The number of aryl methyl sites for hydroxylation is 2. The van der Waals surface area contributed by atoms with Crippen molar-refractivity contribution in [3.05, 3.63) is 46.1 Å². The smallest absolute Gasteiger partial charge is 0.277 e. The molecule has 3 aromatic rings. The van der Waals surface area contributed by atoms with E-state index in [1.54, 1.807) is 18.7 Å². The van der Waals surface area contributed by atoms with Crippen LogP contribution in [0.1, 0.15) is 23.1 Å². The lowest BCUT2D eigenvalue weighted by Gasteiger charge is -2.05. The SMILES string of the molecule is CCn1nc(C)c(Cl)c1C(=O)Nc1nc(-c2cccc(OC)c2)cs1. The number of aromatic nitrogens is 3. The third kappa shape index (κ3) is 3.52. The first-order valence-corrected chi connectivity index (χ1v) is 8.93. The molecular formula is C17H17ClN4O2S. The van der Waals surface area contributed by atoms with Crippen LogP contribution in [0.3, 0.4) is 0 Å². The van der Waals surface area contributed by atoms with Crippen molar-refractivity contribution in [3.8, 4) is 17.0 Å². The first-order chi connectivity index (χ1) is 12.0. The van der Waals surface area contributed by atoms with Crippen LogP contribution in [0.15, 0.2) is 29.6 Å². The van der Waals surface area contributed by atoms with Gasteiger partial charge in [-0.1, -0.05) is 23.7 Å².